The van der Waals surface area contributed by atoms with Crippen LogP contribution in [0.4, 0.5) is 0 Å². The molecule has 2 rings (SSSR count). The molecule has 1 aliphatic rings. The number of hydrogen-bond acceptors (Lipinski definition) is 28. The largest absolute Gasteiger partial charge is 0.475 e. The number of aliphatic imine (C=N–C) groups is 1. The van der Waals surface area contributed by atoms with E-state index in [1.165, 1.54) is 0 Å². The molecule has 0 spiro atoms. The Bertz CT molecular complexity index is 1030. The fourth-order valence-corrected chi connectivity index (χ4v) is 1.97. The lowest BCUT2D eigenvalue weighted by Crippen LogP contribution is -2.39. The smallest absolute Gasteiger partial charge is 0.217 e. The molecule has 0 N–H and O–H groups in total. The van der Waals surface area contributed by atoms with E-state index >= 15 is 0 Å². The second kappa shape index (κ2) is 314. The zero-order valence-corrected chi connectivity index (χ0v) is 53.9. The highest BCUT2D eigenvalue weighted by Gasteiger charge is 2.40. The monoisotopic (exact) mass is 1290 g/mol. The molecule has 0 saturated carbocycles. The molecule has 0 aliphatic carbocycles. The van der Waals surface area contributed by atoms with Crippen molar-refractivity contribution in [1.82, 2.24) is 0 Å². The standard InChI is InChI=1S/C13H17NO27.24C2H4/c1-15-20-24-28-32-36-40-38-34-30-26-22-18-9-13(8-17-12(14-13)11-6-4-3-5-7-11)10-19-23-27-31-35-39-41-37-33-29-25-21-16-2;24*1-2/h3-7H,8-10H2,1-2H3;24*1-2H2. The molecule has 28 heteroatoms. The second-order valence-electron chi connectivity index (χ2n) is 5.65. The van der Waals surface area contributed by atoms with Gasteiger partial charge in [0.15, 0.2) is 5.54 Å². The van der Waals surface area contributed by atoms with Crippen molar-refractivity contribution in [3.05, 3.63) is 352 Å². The Morgan fingerprint density at radius 3 is 0.618 bits per heavy atom. The third-order valence-corrected chi connectivity index (χ3v) is 3.28. The minimum atomic E-state index is -1.31. The number of hydrogen-bond donors (Lipinski definition) is 0. The first kappa shape index (κ1) is 154. The van der Waals surface area contributed by atoms with E-state index in [4.69, 9.17) is 14.5 Å². The van der Waals surface area contributed by atoms with Crippen molar-refractivity contribution in [3.63, 3.8) is 0 Å². The van der Waals surface area contributed by atoms with Gasteiger partial charge >= 0.3 is 0 Å². The number of rotatable bonds is 29. The molecule has 89 heavy (non-hydrogen) atoms. The molecule has 0 bridgehead atoms. The topological polar surface area (TPSA) is 262 Å². The molecule has 0 fully saturated rings. The highest BCUT2D eigenvalue weighted by atomic mass is 18.0. The van der Waals surface area contributed by atoms with Crippen LogP contribution in [-0.4, -0.2) is 45.5 Å². The Balaban J connectivity index is -0.0000000362. The predicted molar refractivity (Wildman–Crippen MR) is 362 cm³/mol. The van der Waals surface area contributed by atoms with Gasteiger partial charge < -0.3 is 4.74 Å². The minimum Gasteiger partial charge on any atom is -0.475 e. The lowest BCUT2D eigenvalue weighted by atomic mass is 10.1. The van der Waals surface area contributed by atoms with Gasteiger partial charge in [-0.1, -0.05) is 18.2 Å². The van der Waals surface area contributed by atoms with Gasteiger partial charge in [0.25, 0.3) is 0 Å². The average Bonchev–Trinajstić information content (AvgIpc) is 3.65. The molecule has 0 saturated heterocycles. The lowest BCUT2D eigenvalue weighted by molar-refractivity contribution is -0.870. The summed E-state index contributed by atoms with van der Waals surface area (Å²) >= 11 is 0. The normalized spacial score (nSPS) is 7.69. The van der Waals surface area contributed by atoms with Crippen molar-refractivity contribution in [2.45, 2.75) is 5.54 Å². The van der Waals surface area contributed by atoms with E-state index in [1.54, 1.807) is 30.3 Å². The van der Waals surface area contributed by atoms with E-state index in [9.17, 15) is 0 Å². The van der Waals surface area contributed by atoms with Gasteiger partial charge in [-0.05, 0) is 123 Å². The van der Waals surface area contributed by atoms with Crippen molar-refractivity contribution in [2.75, 3.05) is 34.0 Å². The third-order valence-electron chi connectivity index (χ3n) is 3.28. The third kappa shape index (κ3) is 221. The molecule has 0 unspecified atom stereocenters. The van der Waals surface area contributed by atoms with Crippen LogP contribution in [0.3, 0.4) is 0 Å². The van der Waals surface area contributed by atoms with Gasteiger partial charge in [-0.2, -0.15) is 0 Å². The summed E-state index contributed by atoms with van der Waals surface area (Å²) in [5, 5.41) is 83.5. The molecule has 28 nitrogen and oxygen atoms in total. The van der Waals surface area contributed by atoms with Gasteiger partial charge in [-0.3, -0.25) is 0 Å². The van der Waals surface area contributed by atoms with Gasteiger partial charge in [0.05, 0.1) is 14.2 Å². The first-order valence-corrected chi connectivity index (χ1v) is 21.6. The predicted octanol–water partition coefficient (Wildman–Crippen LogP) is 19.1. The molecule has 1 heterocycles. The van der Waals surface area contributed by atoms with E-state index < -0.39 is 18.8 Å². The van der Waals surface area contributed by atoms with Crippen LogP contribution in [0.5, 0.6) is 0 Å². The van der Waals surface area contributed by atoms with Crippen molar-refractivity contribution >= 4 is 5.90 Å². The first-order valence-electron chi connectivity index (χ1n) is 21.6. The maximum atomic E-state index is 5.58. The highest BCUT2D eigenvalue weighted by Crippen LogP contribution is 2.24. The number of ether oxygens (including phenoxy) is 1. The average molecular weight is 1290 g/mol. The van der Waals surface area contributed by atoms with E-state index in [1.807, 2.05) is 0 Å². The van der Waals surface area contributed by atoms with Crippen molar-refractivity contribution in [3.8, 4) is 0 Å². The zero-order valence-electron chi connectivity index (χ0n) is 53.9. The summed E-state index contributed by atoms with van der Waals surface area (Å²) < 4.78 is 5.58. The van der Waals surface area contributed by atoms with E-state index in [0.717, 1.165) is 14.2 Å². The van der Waals surface area contributed by atoms with E-state index in [-0.39, 0.29) is 12.5 Å². The maximum Gasteiger partial charge on any atom is 0.217 e. The fourth-order valence-electron chi connectivity index (χ4n) is 1.97. The van der Waals surface area contributed by atoms with Gasteiger partial charge in [0, 0.05) is 5.56 Å². The summed E-state index contributed by atoms with van der Waals surface area (Å²) in [6.07, 6.45) is 0. The van der Waals surface area contributed by atoms with Crippen LogP contribution < -0.4 is 0 Å². The van der Waals surface area contributed by atoms with Crippen molar-refractivity contribution < 1.29 is 135 Å². The Hall–Kier alpha value is -8.59. The Morgan fingerprint density at radius 2 is 0.438 bits per heavy atom. The molecule has 0 atom stereocenters. The Morgan fingerprint density at radius 1 is 0.270 bits per heavy atom. The van der Waals surface area contributed by atoms with Crippen LogP contribution in [0.25, 0.3) is 0 Å². The summed E-state index contributed by atoms with van der Waals surface area (Å²) in [6, 6.07) is 8.78. The summed E-state index contributed by atoms with van der Waals surface area (Å²) in [6.45, 7) is 143. The van der Waals surface area contributed by atoms with E-state index in [0.29, 0.717) is 5.56 Å². The molecular weight excluding hydrogens is 1180 g/mol. The number of nitrogens with zero attached hydrogens (tertiary/aromatic N) is 1. The lowest BCUT2D eigenvalue weighted by Gasteiger charge is -2.20. The molecular formula is C61H113NO27. The Labute approximate surface area is 535 Å². The molecule has 1 aromatic carbocycles. The maximum absolute atomic E-state index is 5.58. The van der Waals surface area contributed by atoms with Crippen LogP contribution in [0.2, 0.25) is 0 Å². The van der Waals surface area contributed by atoms with E-state index in [2.05, 4.69) is 441 Å². The van der Waals surface area contributed by atoms with Gasteiger partial charge in [-0.25, -0.2) is 24.5 Å². The minimum absolute atomic E-state index is 0.107. The summed E-state index contributed by atoms with van der Waals surface area (Å²) in [5.41, 5.74) is -0.673. The molecule has 1 aromatic rings. The summed E-state index contributed by atoms with van der Waals surface area (Å²) in [4.78, 5) is 21.9. The Kier molecular flexibility index (Phi) is 543. The zero-order chi connectivity index (χ0) is 77.1. The van der Waals surface area contributed by atoms with Gasteiger partial charge in [-0.15, -0.1) is 316 Å². The van der Waals surface area contributed by atoms with Crippen LogP contribution in [0.1, 0.15) is 5.56 Å². The first-order chi connectivity index (χ1) is 44.3. The molecule has 0 radical (unpaired) electrons. The molecule has 1 aliphatic heterocycles. The SMILES string of the molecule is C=C.C=C.C=C.C=C.C=C.C=C.C=C.C=C.C=C.C=C.C=C.C=C.C=C.C=C.C=C.C=C.C=C.C=C.C=C.C=C.C=C.C=C.C=C.C=C.COOOOOOOOOOOOOCC1(COOOOOOOOOOOOOC)COC(c2ccccc2)=N1. The van der Waals surface area contributed by atoms with Crippen LogP contribution in [-0.2, 0) is 135 Å². The molecule has 524 valence electrons. The van der Waals surface area contributed by atoms with Crippen molar-refractivity contribution in [2.24, 2.45) is 4.99 Å². The molecule has 0 amide bonds. The number of benzene rings is 1. The van der Waals surface area contributed by atoms with Crippen molar-refractivity contribution in [1.29, 1.82) is 0 Å². The molecule has 0 aromatic heterocycles. The summed E-state index contributed by atoms with van der Waals surface area (Å²) in [7, 11) is 2.20. The van der Waals surface area contributed by atoms with Crippen LogP contribution in [0, 0.1) is 0 Å². The van der Waals surface area contributed by atoms with Crippen LogP contribution in [0.15, 0.2) is 351 Å². The quantitative estimate of drug-likeness (QED) is 0.0312. The van der Waals surface area contributed by atoms with Gasteiger partial charge in [0.1, 0.15) is 19.8 Å². The second-order valence-corrected chi connectivity index (χ2v) is 5.65. The van der Waals surface area contributed by atoms with Crippen LogP contribution >= 0.6 is 0 Å². The summed E-state index contributed by atoms with van der Waals surface area (Å²) in [5.74, 6) is 0.227. The van der Waals surface area contributed by atoms with Gasteiger partial charge in [0.2, 0.25) is 5.90 Å². The fraction of sp³-hybridized carbons (Fsp3) is 0.0984. The highest BCUT2D eigenvalue weighted by molar-refractivity contribution is 5.95.